The van der Waals surface area contributed by atoms with Crippen LogP contribution in [0.3, 0.4) is 0 Å². The van der Waals surface area contributed by atoms with Crippen LogP contribution in [0.2, 0.25) is 0 Å². The van der Waals surface area contributed by atoms with Crippen LogP contribution in [0.1, 0.15) is 39.0 Å². The predicted octanol–water partition coefficient (Wildman–Crippen LogP) is 5.27. The summed E-state index contributed by atoms with van der Waals surface area (Å²) in [5.41, 5.74) is 2.43. The van der Waals surface area contributed by atoms with Gasteiger partial charge in [-0.25, -0.2) is 0 Å². The molecule has 2 rings (SSSR count). The van der Waals surface area contributed by atoms with Crippen LogP contribution in [0.25, 0.3) is 11.1 Å². The van der Waals surface area contributed by atoms with Gasteiger partial charge >= 0.3 is 0 Å². The van der Waals surface area contributed by atoms with Gasteiger partial charge in [-0.1, -0.05) is 55.3 Å². The molecule has 0 fully saturated rings. The quantitative estimate of drug-likeness (QED) is 0.589. The summed E-state index contributed by atoms with van der Waals surface area (Å²) in [6.07, 6.45) is 4.98. The number of Topliss-reactive ketones (excluding diaryl/α,β-unsaturated/α-hetero) is 1. The second-order valence-corrected chi connectivity index (χ2v) is 5.61. The van der Waals surface area contributed by atoms with Gasteiger partial charge in [0.15, 0.2) is 0 Å². The molecule has 0 aromatic heterocycles. The van der Waals surface area contributed by atoms with Crippen LogP contribution in [-0.2, 0) is 4.79 Å². The average Bonchev–Trinajstić information content (AvgIpc) is 2.55. The normalized spacial score (nSPS) is 10.4. The zero-order chi connectivity index (χ0) is 15.6. The zero-order valence-electron chi connectivity index (χ0n) is 13.3. The summed E-state index contributed by atoms with van der Waals surface area (Å²) in [5, 5.41) is 0. The Hall–Kier alpha value is -2.09. The van der Waals surface area contributed by atoms with E-state index < -0.39 is 0 Å². The van der Waals surface area contributed by atoms with Crippen molar-refractivity contribution in [2.45, 2.75) is 39.0 Å². The third-order valence-corrected chi connectivity index (χ3v) is 3.65. The van der Waals surface area contributed by atoms with Gasteiger partial charge in [0.25, 0.3) is 0 Å². The predicted molar refractivity (Wildman–Crippen MR) is 91.1 cm³/mol. The van der Waals surface area contributed by atoms with E-state index in [4.69, 9.17) is 4.74 Å². The number of hydrogen-bond donors (Lipinski definition) is 0. The fraction of sp³-hybridized carbons (Fsp3) is 0.350. The Bertz CT molecular complexity index is 558. The Morgan fingerprint density at radius 3 is 2.14 bits per heavy atom. The van der Waals surface area contributed by atoms with E-state index in [1.807, 2.05) is 30.3 Å². The van der Waals surface area contributed by atoms with Gasteiger partial charge < -0.3 is 9.53 Å². The maximum atomic E-state index is 10.8. The number of carbonyl (C=O) groups is 1. The van der Waals surface area contributed by atoms with Gasteiger partial charge in [-0.05, 0) is 43.0 Å². The van der Waals surface area contributed by atoms with Crippen molar-refractivity contribution in [2.24, 2.45) is 0 Å². The van der Waals surface area contributed by atoms with Crippen molar-refractivity contribution in [3.8, 4) is 16.9 Å². The van der Waals surface area contributed by atoms with Crippen LogP contribution >= 0.6 is 0 Å². The molecule has 0 unspecified atom stereocenters. The van der Waals surface area contributed by atoms with Crippen LogP contribution in [0.5, 0.6) is 5.75 Å². The SMILES string of the molecule is CC(=O)CCCCCCOc1ccc(-c2ccccc2)cc1. The maximum Gasteiger partial charge on any atom is 0.129 e. The van der Waals surface area contributed by atoms with Crippen molar-refractivity contribution in [1.82, 2.24) is 0 Å². The highest BCUT2D eigenvalue weighted by Gasteiger charge is 1.99. The maximum absolute atomic E-state index is 10.8. The molecule has 0 aliphatic carbocycles. The lowest BCUT2D eigenvalue weighted by atomic mass is 10.1. The Morgan fingerprint density at radius 2 is 1.45 bits per heavy atom. The molecule has 0 heterocycles. The van der Waals surface area contributed by atoms with Crippen LogP contribution in [0.15, 0.2) is 54.6 Å². The number of benzene rings is 2. The fourth-order valence-corrected chi connectivity index (χ4v) is 2.39. The average molecular weight is 296 g/mol. The third-order valence-electron chi connectivity index (χ3n) is 3.65. The van der Waals surface area contributed by atoms with E-state index in [0.29, 0.717) is 6.42 Å². The molecule has 2 nitrogen and oxygen atoms in total. The summed E-state index contributed by atoms with van der Waals surface area (Å²) in [5.74, 6) is 1.21. The van der Waals surface area contributed by atoms with Crippen LogP contribution in [-0.4, -0.2) is 12.4 Å². The van der Waals surface area contributed by atoms with E-state index >= 15 is 0 Å². The smallest absolute Gasteiger partial charge is 0.129 e. The van der Waals surface area contributed by atoms with Gasteiger partial charge in [-0.2, -0.15) is 0 Å². The Morgan fingerprint density at radius 1 is 0.818 bits per heavy atom. The van der Waals surface area contributed by atoms with Crippen LogP contribution in [0.4, 0.5) is 0 Å². The Labute approximate surface area is 133 Å². The molecule has 22 heavy (non-hydrogen) atoms. The molecule has 0 amide bonds. The van der Waals surface area contributed by atoms with E-state index in [9.17, 15) is 4.79 Å². The van der Waals surface area contributed by atoms with E-state index in [1.54, 1.807) is 6.92 Å². The molecule has 0 N–H and O–H groups in total. The molecule has 0 bridgehead atoms. The van der Waals surface area contributed by atoms with Crippen molar-refractivity contribution >= 4 is 5.78 Å². The lowest BCUT2D eigenvalue weighted by molar-refractivity contribution is -0.117. The number of ketones is 1. The van der Waals surface area contributed by atoms with Crippen LogP contribution < -0.4 is 4.74 Å². The topological polar surface area (TPSA) is 26.3 Å². The summed E-state index contributed by atoms with van der Waals surface area (Å²) in [6, 6.07) is 18.6. The number of ether oxygens (including phenoxy) is 1. The Balaban J connectivity index is 1.68. The molecule has 2 aromatic rings. The second-order valence-electron chi connectivity index (χ2n) is 5.61. The molecule has 0 aliphatic rings. The van der Waals surface area contributed by atoms with Crippen molar-refractivity contribution in [3.63, 3.8) is 0 Å². The lowest BCUT2D eigenvalue weighted by Gasteiger charge is -2.07. The monoisotopic (exact) mass is 296 g/mol. The van der Waals surface area contributed by atoms with Gasteiger partial charge in [0, 0.05) is 6.42 Å². The first kappa shape index (κ1) is 16.3. The van der Waals surface area contributed by atoms with E-state index in [2.05, 4.69) is 24.3 Å². The van der Waals surface area contributed by atoms with Crippen LogP contribution in [0, 0.1) is 0 Å². The van der Waals surface area contributed by atoms with Crippen molar-refractivity contribution in [1.29, 1.82) is 0 Å². The van der Waals surface area contributed by atoms with Gasteiger partial charge in [-0.15, -0.1) is 0 Å². The minimum absolute atomic E-state index is 0.287. The second kappa shape index (κ2) is 9.04. The van der Waals surface area contributed by atoms with Crippen molar-refractivity contribution in [3.05, 3.63) is 54.6 Å². The molecule has 0 aliphatic heterocycles. The molecule has 0 spiro atoms. The molecular weight excluding hydrogens is 272 g/mol. The van der Waals surface area contributed by atoms with E-state index in [1.165, 1.54) is 11.1 Å². The minimum Gasteiger partial charge on any atom is -0.494 e. The number of hydrogen-bond acceptors (Lipinski definition) is 2. The number of carbonyl (C=O) groups excluding carboxylic acids is 1. The molecule has 0 atom stereocenters. The summed E-state index contributed by atoms with van der Waals surface area (Å²) in [6.45, 7) is 2.40. The van der Waals surface area contributed by atoms with Gasteiger partial charge in [0.05, 0.1) is 6.61 Å². The molecule has 0 saturated carbocycles. The first-order valence-electron chi connectivity index (χ1n) is 8.03. The molecule has 0 radical (unpaired) electrons. The standard InChI is InChI=1S/C20H24O2/c1-17(21)9-5-2-3-8-16-22-20-14-12-19(13-15-20)18-10-6-4-7-11-18/h4,6-7,10-15H,2-3,5,8-9,16H2,1H3. The highest BCUT2D eigenvalue weighted by Crippen LogP contribution is 2.22. The summed E-state index contributed by atoms with van der Waals surface area (Å²) in [4.78, 5) is 10.8. The molecule has 2 aromatic carbocycles. The molecule has 2 heteroatoms. The summed E-state index contributed by atoms with van der Waals surface area (Å²) in [7, 11) is 0. The number of unbranched alkanes of at least 4 members (excludes halogenated alkanes) is 3. The largest absolute Gasteiger partial charge is 0.494 e. The Kier molecular flexibility index (Phi) is 6.69. The third kappa shape index (κ3) is 5.72. The highest BCUT2D eigenvalue weighted by molar-refractivity contribution is 5.75. The minimum atomic E-state index is 0.287. The van der Waals surface area contributed by atoms with Gasteiger partial charge in [0.2, 0.25) is 0 Å². The molecular formula is C20H24O2. The van der Waals surface area contributed by atoms with Crippen molar-refractivity contribution in [2.75, 3.05) is 6.61 Å². The van der Waals surface area contributed by atoms with Gasteiger partial charge in [0.1, 0.15) is 11.5 Å². The first-order valence-corrected chi connectivity index (χ1v) is 8.03. The highest BCUT2D eigenvalue weighted by atomic mass is 16.5. The first-order chi connectivity index (χ1) is 10.8. The fourth-order valence-electron chi connectivity index (χ4n) is 2.39. The van der Waals surface area contributed by atoms with Gasteiger partial charge in [-0.3, -0.25) is 0 Å². The van der Waals surface area contributed by atoms with E-state index in [0.717, 1.165) is 38.0 Å². The zero-order valence-corrected chi connectivity index (χ0v) is 13.3. The van der Waals surface area contributed by atoms with Crippen molar-refractivity contribution < 1.29 is 9.53 Å². The summed E-state index contributed by atoms with van der Waals surface area (Å²) < 4.78 is 5.76. The number of rotatable bonds is 9. The van der Waals surface area contributed by atoms with E-state index in [-0.39, 0.29) is 5.78 Å². The molecule has 0 saturated heterocycles. The molecule has 116 valence electrons. The summed E-state index contributed by atoms with van der Waals surface area (Å²) >= 11 is 0. The lowest BCUT2D eigenvalue weighted by Crippen LogP contribution is -1.97.